The van der Waals surface area contributed by atoms with Crippen molar-refractivity contribution in [2.24, 2.45) is 10.4 Å². The summed E-state index contributed by atoms with van der Waals surface area (Å²) in [6.07, 6.45) is 9.41. The van der Waals surface area contributed by atoms with Crippen LogP contribution in [0.1, 0.15) is 44.9 Å². The lowest BCUT2D eigenvalue weighted by molar-refractivity contribution is -0.0818. The quantitative estimate of drug-likeness (QED) is 0.331. The van der Waals surface area contributed by atoms with Crippen molar-refractivity contribution in [3.8, 4) is 0 Å². The van der Waals surface area contributed by atoms with E-state index >= 15 is 0 Å². The van der Waals surface area contributed by atoms with Crippen LogP contribution in [0.2, 0.25) is 0 Å². The second-order valence-electron chi connectivity index (χ2n) is 9.26. The molecule has 174 valence electrons. The van der Waals surface area contributed by atoms with E-state index in [1.54, 1.807) is 0 Å². The van der Waals surface area contributed by atoms with Crippen LogP contribution in [-0.2, 0) is 14.2 Å². The maximum Gasteiger partial charge on any atom is 0.193 e. The molecular formula is C22H41IN4O3. The summed E-state index contributed by atoms with van der Waals surface area (Å²) >= 11 is 0. The van der Waals surface area contributed by atoms with E-state index in [9.17, 15) is 0 Å². The minimum atomic E-state index is 0. The molecule has 2 atom stereocenters. The third-order valence-electron chi connectivity index (χ3n) is 7.18. The third-order valence-corrected chi connectivity index (χ3v) is 7.18. The van der Waals surface area contributed by atoms with E-state index in [0.717, 1.165) is 78.0 Å². The van der Waals surface area contributed by atoms with E-state index in [1.165, 1.54) is 38.6 Å². The molecule has 0 aromatic heterocycles. The van der Waals surface area contributed by atoms with Gasteiger partial charge in [-0.3, -0.25) is 9.89 Å². The van der Waals surface area contributed by atoms with Crippen molar-refractivity contribution < 1.29 is 14.2 Å². The Morgan fingerprint density at radius 1 is 0.967 bits per heavy atom. The van der Waals surface area contributed by atoms with Crippen molar-refractivity contribution in [3.05, 3.63) is 0 Å². The Morgan fingerprint density at radius 2 is 1.73 bits per heavy atom. The van der Waals surface area contributed by atoms with Gasteiger partial charge in [0.2, 0.25) is 0 Å². The van der Waals surface area contributed by atoms with E-state index in [0.29, 0.717) is 5.41 Å². The second-order valence-corrected chi connectivity index (χ2v) is 9.26. The average Bonchev–Trinajstić information content (AvgIpc) is 3.31. The van der Waals surface area contributed by atoms with Crippen molar-refractivity contribution in [1.29, 1.82) is 0 Å². The van der Waals surface area contributed by atoms with Crippen LogP contribution >= 0.6 is 24.0 Å². The molecule has 0 spiro atoms. The molecule has 1 saturated carbocycles. The lowest BCUT2D eigenvalue weighted by Crippen LogP contribution is -2.56. The van der Waals surface area contributed by atoms with Crippen LogP contribution in [0.15, 0.2) is 4.99 Å². The van der Waals surface area contributed by atoms with E-state index in [-0.39, 0.29) is 36.2 Å². The summed E-state index contributed by atoms with van der Waals surface area (Å²) in [6.45, 7) is 9.51. The fourth-order valence-corrected chi connectivity index (χ4v) is 5.51. The van der Waals surface area contributed by atoms with Gasteiger partial charge in [-0.1, -0.05) is 19.3 Å². The number of aliphatic imine (C=N–C) groups is 1. The van der Waals surface area contributed by atoms with E-state index in [1.807, 2.05) is 7.05 Å². The molecule has 0 amide bonds. The Balaban J connectivity index is 0.00000256. The number of ether oxygens (including phenoxy) is 3. The Kier molecular flexibility index (Phi) is 9.94. The third kappa shape index (κ3) is 6.43. The molecule has 0 aromatic carbocycles. The highest BCUT2D eigenvalue weighted by molar-refractivity contribution is 14.0. The van der Waals surface area contributed by atoms with Gasteiger partial charge in [-0.25, -0.2) is 0 Å². The molecule has 2 unspecified atom stereocenters. The first-order valence-corrected chi connectivity index (χ1v) is 11.8. The summed E-state index contributed by atoms with van der Waals surface area (Å²) in [7, 11) is 1.91. The Morgan fingerprint density at radius 3 is 2.43 bits per heavy atom. The highest BCUT2D eigenvalue weighted by Crippen LogP contribution is 2.37. The van der Waals surface area contributed by atoms with E-state index < -0.39 is 0 Å². The van der Waals surface area contributed by atoms with Gasteiger partial charge >= 0.3 is 0 Å². The maximum absolute atomic E-state index is 6.03. The molecule has 4 rings (SSSR count). The fraction of sp³-hybridized carbons (Fsp3) is 0.955. The van der Waals surface area contributed by atoms with Crippen LogP contribution in [0, 0.1) is 5.41 Å². The van der Waals surface area contributed by atoms with Crippen molar-refractivity contribution in [1.82, 2.24) is 15.1 Å². The minimum Gasteiger partial charge on any atom is -0.379 e. The molecule has 3 aliphatic heterocycles. The van der Waals surface area contributed by atoms with E-state index in [2.05, 4.69) is 20.1 Å². The molecule has 1 N–H and O–H groups in total. The van der Waals surface area contributed by atoms with Crippen molar-refractivity contribution in [2.75, 3.05) is 72.7 Å². The van der Waals surface area contributed by atoms with Gasteiger partial charge in [0.15, 0.2) is 5.96 Å². The van der Waals surface area contributed by atoms with E-state index in [4.69, 9.17) is 14.2 Å². The molecule has 7 nitrogen and oxygen atoms in total. The predicted molar refractivity (Wildman–Crippen MR) is 130 cm³/mol. The number of nitrogens with zero attached hydrogens (tertiary/aromatic N) is 3. The van der Waals surface area contributed by atoms with Crippen molar-refractivity contribution in [2.45, 2.75) is 57.2 Å². The van der Waals surface area contributed by atoms with Crippen LogP contribution in [0.25, 0.3) is 0 Å². The van der Waals surface area contributed by atoms with Gasteiger partial charge in [0.1, 0.15) is 6.10 Å². The van der Waals surface area contributed by atoms with Gasteiger partial charge < -0.3 is 24.4 Å². The first-order chi connectivity index (χ1) is 14.3. The molecule has 30 heavy (non-hydrogen) atoms. The topological polar surface area (TPSA) is 58.6 Å². The number of halogens is 1. The normalized spacial score (nSPS) is 30.7. The molecular weight excluding hydrogens is 495 g/mol. The van der Waals surface area contributed by atoms with Gasteiger partial charge in [0.25, 0.3) is 0 Å². The van der Waals surface area contributed by atoms with Crippen LogP contribution in [0.4, 0.5) is 0 Å². The van der Waals surface area contributed by atoms with Crippen LogP contribution in [0.5, 0.6) is 0 Å². The summed E-state index contributed by atoms with van der Waals surface area (Å²) in [5.74, 6) is 1.03. The zero-order valence-corrected chi connectivity index (χ0v) is 21.0. The monoisotopic (exact) mass is 536 g/mol. The zero-order valence-electron chi connectivity index (χ0n) is 18.7. The second kappa shape index (κ2) is 12.2. The maximum atomic E-state index is 6.03. The van der Waals surface area contributed by atoms with Crippen LogP contribution in [-0.4, -0.2) is 101 Å². The molecule has 3 saturated heterocycles. The lowest BCUT2D eigenvalue weighted by atomic mass is 9.73. The highest BCUT2D eigenvalue weighted by atomic mass is 127. The largest absolute Gasteiger partial charge is 0.379 e. The molecule has 1 aliphatic carbocycles. The fourth-order valence-electron chi connectivity index (χ4n) is 5.51. The number of guanidine groups is 1. The average molecular weight is 536 g/mol. The Labute approximate surface area is 199 Å². The van der Waals surface area contributed by atoms with Gasteiger partial charge in [0, 0.05) is 58.3 Å². The molecule has 0 bridgehead atoms. The first kappa shape index (κ1) is 24.5. The molecule has 0 aromatic rings. The summed E-state index contributed by atoms with van der Waals surface area (Å²) < 4.78 is 17.5. The predicted octanol–water partition coefficient (Wildman–Crippen LogP) is 2.34. The Hall–Kier alpha value is -0.160. The molecule has 8 heteroatoms. The summed E-state index contributed by atoms with van der Waals surface area (Å²) in [5.41, 5.74) is 0.353. The summed E-state index contributed by atoms with van der Waals surface area (Å²) in [4.78, 5) is 9.63. The standard InChI is InChI=1S/C22H40N4O3.HI/c1-23-21(26-11-15-29-20(16-26)19-6-5-12-28-19)24-17-22(7-3-2-4-8-22)18-25-9-13-27-14-10-25;/h19-20H,2-18H2,1H3,(H,23,24);1H. The van der Waals surface area contributed by atoms with Crippen LogP contribution < -0.4 is 5.32 Å². The first-order valence-electron chi connectivity index (χ1n) is 11.8. The molecule has 3 heterocycles. The smallest absolute Gasteiger partial charge is 0.193 e. The highest BCUT2D eigenvalue weighted by Gasteiger charge is 2.36. The summed E-state index contributed by atoms with van der Waals surface area (Å²) in [5, 5.41) is 3.77. The molecule has 4 aliphatic rings. The number of rotatable bonds is 5. The van der Waals surface area contributed by atoms with Crippen LogP contribution in [0.3, 0.4) is 0 Å². The minimum absolute atomic E-state index is 0. The number of morpholine rings is 2. The van der Waals surface area contributed by atoms with Crippen molar-refractivity contribution >= 4 is 29.9 Å². The number of hydrogen-bond acceptors (Lipinski definition) is 5. The zero-order chi connectivity index (χ0) is 19.9. The number of hydrogen-bond donors (Lipinski definition) is 1. The van der Waals surface area contributed by atoms with Gasteiger partial charge in [-0.15, -0.1) is 24.0 Å². The van der Waals surface area contributed by atoms with Gasteiger partial charge in [0.05, 0.1) is 25.9 Å². The molecule has 4 fully saturated rings. The molecule has 0 radical (unpaired) electrons. The van der Waals surface area contributed by atoms with Gasteiger partial charge in [-0.2, -0.15) is 0 Å². The summed E-state index contributed by atoms with van der Waals surface area (Å²) in [6, 6.07) is 0. The SMILES string of the molecule is CN=C(NCC1(CN2CCOCC2)CCCCC1)N1CCOC(C2CCCO2)C1.I. The Bertz CT molecular complexity index is 532. The lowest BCUT2D eigenvalue weighted by Gasteiger charge is -2.43. The van der Waals surface area contributed by atoms with Gasteiger partial charge in [-0.05, 0) is 25.7 Å². The van der Waals surface area contributed by atoms with Crippen molar-refractivity contribution in [3.63, 3.8) is 0 Å². The number of nitrogens with one attached hydrogen (secondary N) is 1.